The number of nitrogens with zero attached hydrogens (tertiary/aromatic N) is 8. The molecule has 8 heteroatoms. The van der Waals surface area contributed by atoms with Crippen molar-refractivity contribution in [3.8, 4) is 34.7 Å². The van der Waals surface area contributed by atoms with Crippen LogP contribution in [0.3, 0.4) is 0 Å². The lowest BCUT2D eigenvalue weighted by atomic mass is 10.1. The Bertz CT molecular complexity index is 2430. The standard InChI is InChI=1S/C36H22N8/c1-3-11-23(12-4-1)33-40-34(24-13-5-2-6-14-24)42-36(41-33)44-30-18-10-8-16-26(30)28-20-19-27-25-15-7-9-17-29(25)43(31(27)32(28)44)35-38-21-37-22-39-35/h1-22H. The SMILES string of the molecule is c1ccc(-c2nc(-c3ccccc3)nc(-n3c4ccccc4c4ccc5c6ccccc6n(-c6ncncn6)c5c43)n2)cc1. The smallest absolute Gasteiger partial charge is 0.238 e. The van der Waals surface area contributed by atoms with Gasteiger partial charge in [0.2, 0.25) is 11.9 Å². The highest BCUT2D eigenvalue weighted by atomic mass is 15.2. The molecular formula is C36H22N8. The molecule has 206 valence electrons. The van der Waals surface area contributed by atoms with Gasteiger partial charge in [0.1, 0.15) is 12.7 Å². The van der Waals surface area contributed by atoms with Gasteiger partial charge in [-0.3, -0.25) is 9.13 Å². The minimum atomic E-state index is 0.531. The van der Waals surface area contributed by atoms with Crippen LogP contribution < -0.4 is 0 Å². The Kier molecular flexibility index (Phi) is 5.33. The molecule has 0 bridgehead atoms. The summed E-state index contributed by atoms with van der Waals surface area (Å²) < 4.78 is 4.27. The van der Waals surface area contributed by atoms with Gasteiger partial charge in [-0.2, -0.15) is 9.97 Å². The van der Waals surface area contributed by atoms with Gasteiger partial charge < -0.3 is 0 Å². The van der Waals surface area contributed by atoms with E-state index >= 15 is 0 Å². The van der Waals surface area contributed by atoms with Gasteiger partial charge in [-0.05, 0) is 12.1 Å². The largest absolute Gasteiger partial charge is 0.276 e. The van der Waals surface area contributed by atoms with Crippen molar-refractivity contribution in [2.45, 2.75) is 0 Å². The number of hydrogen-bond donors (Lipinski definition) is 0. The van der Waals surface area contributed by atoms with Crippen LogP contribution in [-0.2, 0) is 0 Å². The molecule has 0 saturated carbocycles. The Morgan fingerprint density at radius 3 is 1.36 bits per heavy atom. The molecule has 4 aromatic heterocycles. The Morgan fingerprint density at radius 1 is 0.386 bits per heavy atom. The monoisotopic (exact) mass is 566 g/mol. The van der Waals surface area contributed by atoms with Crippen LogP contribution in [0.4, 0.5) is 0 Å². The molecule has 4 heterocycles. The second kappa shape index (κ2) is 9.64. The lowest BCUT2D eigenvalue weighted by Crippen LogP contribution is -2.07. The zero-order chi connectivity index (χ0) is 29.0. The van der Waals surface area contributed by atoms with E-state index in [1.807, 2.05) is 72.8 Å². The molecule has 5 aromatic carbocycles. The first kappa shape index (κ1) is 24.3. The maximum absolute atomic E-state index is 5.13. The quantitative estimate of drug-likeness (QED) is 0.218. The van der Waals surface area contributed by atoms with Crippen molar-refractivity contribution < 1.29 is 0 Å². The van der Waals surface area contributed by atoms with E-state index in [-0.39, 0.29) is 0 Å². The molecule has 0 aliphatic rings. The fraction of sp³-hybridized carbons (Fsp3) is 0. The van der Waals surface area contributed by atoms with Crippen LogP contribution in [0.25, 0.3) is 78.3 Å². The molecule has 0 radical (unpaired) electrons. The van der Waals surface area contributed by atoms with E-state index in [0.29, 0.717) is 23.5 Å². The Hall–Kier alpha value is -6.28. The topological polar surface area (TPSA) is 87.2 Å². The predicted octanol–water partition coefficient (Wildman–Crippen LogP) is 7.58. The number of para-hydroxylation sites is 2. The first-order valence-electron chi connectivity index (χ1n) is 14.3. The summed E-state index contributed by atoms with van der Waals surface area (Å²) in [7, 11) is 0. The number of benzene rings is 5. The van der Waals surface area contributed by atoms with Crippen molar-refractivity contribution in [2.75, 3.05) is 0 Å². The summed E-state index contributed by atoms with van der Waals surface area (Å²) in [6.07, 6.45) is 3.06. The number of hydrogen-bond acceptors (Lipinski definition) is 6. The Balaban J connectivity index is 1.48. The molecule has 0 aliphatic heterocycles. The molecule has 44 heavy (non-hydrogen) atoms. The van der Waals surface area contributed by atoms with E-state index in [1.165, 1.54) is 12.7 Å². The minimum absolute atomic E-state index is 0.531. The van der Waals surface area contributed by atoms with Gasteiger partial charge in [-0.15, -0.1) is 0 Å². The average molecular weight is 567 g/mol. The summed E-state index contributed by atoms with van der Waals surface area (Å²) in [6, 6.07) is 41.2. The molecule has 0 unspecified atom stereocenters. The first-order chi connectivity index (χ1) is 21.8. The molecule has 0 amide bonds. The summed E-state index contributed by atoms with van der Waals surface area (Å²) in [5.74, 6) is 2.28. The third-order valence-corrected chi connectivity index (χ3v) is 8.04. The maximum atomic E-state index is 5.13. The first-order valence-corrected chi connectivity index (χ1v) is 14.3. The van der Waals surface area contributed by atoms with Crippen LogP contribution in [0.2, 0.25) is 0 Å². The van der Waals surface area contributed by atoms with Crippen molar-refractivity contribution >= 4 is 43.6 Å². The van der Waals surface area contributed by atoms with Gasteiger partial charge >= 0.3 is 0 Å². The van der Waals surface area contributed by atoms with E-state index in [0.717, 1.165) is 54.7 Å². The number of rotatable bonds is 4. The second-order valence-electron chi connectivity index (χ2n) is 10.5. The van der Waals surface area contributed by atoms with E-state index in [2.05, 4.69) is 72.6 Å². The van der Waals surface area contributed by atoms with E-state index in [4.69, 9.17) is 15.0 Å². The zero-order valence-corrected chi connectivity index (χ0v) is 23.3. The van der Waals surface area contributed by atoms with Gasteiger partial charge in [-0.1, -0.05) is 109 Å². The van der Waals surface area contributed by atoms with E-state index < -0.39 is 0 Å². The summed E-state index contributed by atoms with van der Waals surface area (Å²) in [6.45, 7) is 0. The van der Waals surface area contributed by atoms with Crippen LogP contribution in [0.5, 0.6) is 0 Å². The molecule has 0 spiro atoms. The molecular weight excluding hydrogens is 544 g/mol. The van der Waals surface area contributed by atoms with Crippen LogP contribution in [0.15, 0.2) is 134 Å². The van der Waals surface area contributed by atoms with Crippen LogP contribution in [0, 0.1) is 0 Å². The fourth-order valence-corrected chi connectivity index (χ4v) is 6.16. The third-order valence-electron chi connectivity index (χ3n) is 8.04. The highest BCUT2D eigenvalue weighted by Crippen LogP contribution is 2.41. The molecule has 0 aliphatic carbocycles. The highest BCUT2D eigenvalue weighted by molar-refractivity contribution is 6.23. The summed E-state index contributed by atoms with van der Waals surface area (Å²) in [5, 5.41) is 4.36. The van der Waals surface area contributed by atoms with Gasteiger partial charge in [-0.25, -0.2) is 19.9 Å². The summed E-state index contributed by atoms with van der Waals surface area (Å²) in [4.78, 5) is 28.4. The Labute approximate surface area is 251 Å². The van der Waals surface area contributed by atoms with Crippen molar-refractivity contribution in [1.82, 2.24) is 39.0 Å². The molecule has 0 saturated heterocycles. The van der Waals surface area contributed by atoms with Gasteiger partial charge in [0.05, 0.1) is 22.1 Å². The summed E-state index contributed by atoms with van der Waals surface area (Å²) in [5.41, 5.74) is 5.76. The van der Waals surface area contributed by atoms with Crippen LogP contribution in [-0.4, -0.2) is 39.0 Å². The number of fused-ring (bicyclic) bond motifs is 7. The third kappa shape index (κ3) is 3.64. The van der Waals surface area contributed by atoms with Gasteiger partial charge in [0, 0.05) is 32.7 Å². The molecule has 0 fully saturated rings. The molecule has 8 nitrogen and oxygen atoms in total. The predicted molar refractivity (Wildman–Crippen MR) is 173 cm³/mol. The van der Waals surface area contributed by atoms with Gasteiger partial charge in [0.15, 0.2) is 11.6 Å². The lowest BCUT2D eigenvalue weighted by molar-refractivity contribution is 0.932. The molecule has 0 N–H and O–H groups in total. The van der Waals surface area contributed by atoms with Crippen molar-refractivity contribution in [3.63, 3.8) is 0 Å². The van der Waals surface area contributed by atoms with Crippen molar-refractivity contribution in [3.05, 3.63) is 134 Å². The molecule has 9 aromatic rings. The second-order valence-corrected chi connectivity index (χ2v) is 10.5. The van der Waals surface area contributed by atoms with Gasteiger partial charge in [0.25, 0.3) is 0 Å². The molecule has 9 rings (SSSR count). The zero-order valence-electron chi connectivity index (χ0n) is 23.3. The maximum Gasteiger partial charge on any atom is 0.238 e. The van der Waals surface area contributed by atoms with E-state index in [9.17, 15) is 0 Å². The summed E-state index contributed by atoms with van der Waals surface area (Å²) >= 11 is 0. The van der Waals surface area contributed by atoms with Crippen molar-refractivity contribution in [2.24, 2.45) is 0 Å². The van der Waals surface area contributed by atoms with E-state index in [1.54, 1.807) is 0 Å². The average Bonchev–Trinajstić information content (AvgIpc) is 3.62. The van der Waals surface area contributed by atoms with Crippen LogP contribution in [0.1, 0.15) is 0 Å². The van der Waals surface area contributed by atoms with Crippen LogP contribution >= 0.6 is 0 Å². The lowest BCUT2D eigenvalue weighted by Gasteiger charge is -2.12. The molecule has 0 atom stereocenters. The van der Waals surface area contributed by atoms with Crippen molar-refractivity contribution in [1.29, 1.82) is 0 Å². The normalized spacial score (nSPS) is 11.6. The highest BCUT2D eigenvalue weighted by Gasteiger charge is 2.23. The fourth-order valence-electron chi connectivity index (χ4n) is 6.16. The minimum Gasteiger partial charge on any atom is -0.276 e. The Morgan fingerprint density at radius 2 is 0.841 bits per heavy atom. The number of aromatic nitrogens is 8.